The molecule has 0 aromatic carbocycles. The Balaban J connectivity index is 1.40. The highest BCUT2D eigenvalue weighted by molar-refractivity contribution is 5.20. The van der Waals surface area contributed by atoms with Crippen LogP contribution in [0.1, 0.15) is 120 Å². The van der Waals surface area contributed by atoms with Crippen molar-refractivity contribution in [1.82, 2.24) is 0 Å². The minimum Gasteiger partial charge on any atom is -0.377 e. The van der Waals surface area contributed by atoms with Crippen LogP contribution in [0.5, 0.6) is 0 Å². The van der Waals surface area contributed by atoms with Crippen LogP contribution in [0.4, 0.5) is 0 Å². The lowest BCUT2D eigenvalue weighted by molar-refractivity contribution is -0.246. The zero-order valence-corrected chi connectivity index (χ0v) is 22.7. The van der Waals surface area contributed by atoms with Crippen LogP contribution in [0.15, 0.2) is 0 Å². The monoisotopic (exact) mass is 440 g/mol. The van der Waals surface area contributed by atoms with Gasteiger partial charge in [0.1, 0.15) is 0 Å². The summed E-state index contributed by atoms with van der Waals surface area (Å²) in [7, 11) is 0. The molecule has 6 fully saturated rings. The van der Waals surface area contributed by atoms with Gasteiger partial charge in [0.2, 0.25) is 0 Å². The van der Waals surface area contributed by atoms with Crippen LogP contribution in [0.25, 0.3) is 0 Å². The van der Waals surface area contributed by atoms with E-state index in [9.17, 15) is 0 Å². The van der Waals surface area contributed by atoms with E-state index in [1.54, 1.807) is 0 Å². The van der Waals surface area contributed by atoms with Gasteiger partial charge in [-0.2, -0.15) is 0 Å². The van der Waals surface area contributed by atoms with Gasteiger partial charge in [0, 0.05) is 0 Å². The molecule has 182 valence electrons. The molecule has 1 heteroatoms. The summed E-state index contributed by atoms with van der Waals surface area (Å²) in [5.41, 5.74) is 2.96. The molecule has 6 rings (SSSR count). The van der Waals surface area contributed by atoms with Crippen molar-refractivity contribution in [2.45, 2.75) is 126 Å². The predicted molar refractivity (Wildman–Crippen MR) is 133 cm³/mol. The standard InChI is InChI=1S/C31H52O/c1-20-17-27(4,5)22-11-12-30(8)23(28(22,6)18-20)10-9-21-24-25-26(2,3)13-15-31(24,19-32-25)16-14-29(21,30)7/h20-25H,9-19H2,1-8H3/t20-,21-,22+,23-,24+,25-,28+,29-,30-,31-/m1/s1. The second-order valence-corrected chi connectivity index (χ2v) is 16.3. The van der Waals surface area contributed by atoms with Gasteiger partial charge in [-0.05, 0) is 126 Å². The first-order valence-corrected chi connectivity index (χ1v) is 14.4. The lowest BCUT2D eigenvalue weighted by Gasteiger charge is -2.73. The minimum absolute atomic E-state index is 0.368. The van der Waals surface area contributed by atoms with Gasteiger partial charge in [0.05, 0.1) is 12.7 Å². The molecule has 32 heavy (non-hydrogen) atoms. The van der Waals surface area contributed by atoms with Crippen LogP contribution >= 0.6 is 0 Å². The Bertz CT molecular complexity index is 796. The van der Waals surface area contributed by atoms with E-state index in [2.05, 4.69) is 55.4 Å². The summed E-state index contributed by atoms with van der Waals surface area (Å²) in [6.45, 7) is 22.3. The smallest absolute Gasteiger partial charge is 0.0663 e. The first kappa shape index (κ1) is 22.4. The fourth-order valence-corrected chi connectivity index (χ4v) is 12.8. The van der Waals surface area contributed by atoms with Crippen molar-refractivity contribution in [2.75, 3.05) is 6.61 Å². The Kier molecular flexibility index (Phi) is 4.48. The summed E-state index contributed by atoms with van der Waals surface area (Å²) in [6.07, 6.45) is 15.1. The normalized spacial score (nSPS) is 60.0. The van der Waals surface area contributed by atoms with E-state index >= 15 is 0 Å². The van der Waals surface area contributed by atoms with Crippen molar-refractivity contribution in [1.29, 1.82) is 0 Å². The van der Waals surface area contributed by atoms with E-state index in [1.165, 1.54) is 64.2 Å². The lowest BCUT2D eigenvalue weighted by atomic mass is 9.31. The summed E-state index contributed by atoms with van der Waals surface area (Å²) in [6, 6.07) is 0. The summed E-state index contributed by atoms with van der Waals surface area (Å²) < 4.78 is 6.74. The largest absolute Gasteiger partial charge is 0.377 e. The van der Waals surface area contributed by atoms with Gasteiger partial charge < -0.3 is 4.74 Å². The molecule has 0 radical (unpaired) electrons. The summed E-state index contributed by atoms with van der Waals surface area (Å²) in [5, 5.41) is 0. The molecule has 5 aliphatic carbocycles. The van der Waals surface area contributed by atoms with E-state index in [-0.39, 0.29) is 0 Å². The zero-order valence-electron chi connectivity index (χ0n) is 22.7. The second-order valence-electron chi connectivity index (χ2n) is 16.3. The lowest BCUT2D eigenvalue weighted by Crippen LogP contribution is -2.67. The highest BCUT2D eigenvalue weighted by Gasteiger charge is 2.72. The maximum absolute atomic E-state index is 6.74. The fourth-order valence-electron chi connectivity index (χ4n) is 12.8. The maximum atomic E-state index is 6.74. The molecule has 6 aliphatic rings. The second kappa shape index (κ2) is 6.39. The van der Waals surface area contributed by atoms with Crippen LogP contribution in [0.3, 0.4) is 0 Å². The SMILES string of the molecule is C[C@@H]1CC(C)(C)[C@@H]2CC[C@]3(C)[C@H](CC[C@@H]4[C@H]5[C@H]6OC[C@@]5(CCC6(C)C)CC[C@]43C)[C@@]2(C)C1. The summed E-state index contributed by atoms with van der Waals surface area (Å²) in [4.78, 5) is 0. The molecule has 10 atom stereocenters. The third-order valence-corrected chi connectivity index (χ3v) is 14.0. The van der Waals surface area contributed by atoms with E-state index in [1.807, 2.05) is 0 Å². The Morgan fingerprint density at radius 3 is 2.12 bits per heavy atom. The highest BCUT2D eigenvalue weighted by atomic mass is 16.5. The molecule has 0 unspecified atom stereocenters. The van der Waals surface area contributed by atoms with E-state index in [0.717, 1.165) is 36.2 Å². The van der Waals surface area contributed by atoms with Crippen LogP contribution in [0, 0.1) is 62.1 Å². The van der Waals surface area contributed by atoms with Crippen LogP contribution in [-0.2, 0) is 4.74 Å². The van der Waals surface area contributed by atoms with Crippen molar-refractivity contribution >= 4 is 0 Å². The molecule has 1 nitrogen and oxygen atoms in total. The molecule has 1 heterocycles. The Hall–Kier alpha value is -0.0400. The number of fused-ring (bicyclic) bond motifs is 5. The van der Waals surface area contributed by atoms with Crippen molar-refractivity contribution in [3.05, 3.63) is 0 Å². The van der Waals surface area contributed by atoms with Crippen molar-refractivity contribution in [3.63, 3.8) is 0 Å². The Morgan fingerprint density at radius 1 is 0.656 bits per heavy atom. The first-order chi connectivity index (χ1) is 14.8. The molecule has 5 saturated carbocycles. The Labute approximate surface area is 199 Å². The van der Waals surface area contributed by atoms with Crippen LogP contribution in [-0.4, -0.2) is 12.7 Å². The van der Waals surface area contributed by atoms with E-state index in [0.29, 0.717) is 38.6 Å². The molecule has 1 aliphatic heterocycles. The van der Waals surface area contributed by atoms with E-state index in [4.69, 9.17) is 4.74 Å². The predicted octanol–water partition coefficient (Wildman–Crippen LogP) is 8.51. The molecule has 2 bridgehead atoms. The molecule has 0 N–H and O–H groups in total. The molecular formula is C31H52O. The molecule has 0 amide bonds. The van der Waals surface area contributed by atoms with Gasteiger partial charge in [0.25, 0.3) is 0 Å². The van der Waals surface area contributed by atoms with Crippen molar-refractivity contribution in [3.8, 4) is 0 Å². The fraction of sp³-hybridized carbons (Fsp3) is 1.00. The topological polar surface area (TPSA) is 9.23 Å². The number of ether oxygens (including phenoxy) is 1. The van der Waals surface area contributed by atoms with Gasteiger partial charge in [-0.3, -0.25) is 0 Å². The number of rotatable bonds is 0. The number of hydrogen-bond donors (Lipinski definition) is 0. The zero-order chi connectivity index (χ0) is 22.9. The number of hydrogen-bond acceptors (Lipinski definition) is 1. The summed E-state index contributed by atoms with van der Waals surface area (Å²) in [5.74, 6) is 4.44. The molecule has 0 aromatic rings. The Morgan fingerprint density at radius 2 is 1.38 bits per heavy atom. The van der Waals surface area contributed by atoms with Gasteiger partial charge in [-0.1, -0.05) is 55.4 Å². The quantitative estimate of drug-likeness (QED) is 0.367. The third kappa shape index (κ3) is 2.51. The van der Waals surface area contributed by atoms with Crippen LogP contribution in [0.2, 0.25) is 0 Å². The van der Waals surface area contributed by atoms with Crippen LogP contribution < -0.4 is 0 Å². The molecule has 1 saturated heterocycles. The van der Waals surface area contributed by atoms with Crippen molar-refractivity contribution < 1.29 is 4.74 Å². The highest BCUT2D eigenvalue weighted by Crippen LogP contribution is 2.78. The van der Waals surface area contributed by atoms with E-state index < -0.39 is 0 Å². The summed E-state index contributed by atoms with van der Waals surface area (Å²) >= 11 is 0. The average molecular weight is 441 g/mol. The molecule has 0 aromatic heterocycles. The van der Waals surface area contributed by atoms with Gasteiger partial charge in [0.15, 0.2) is 0 Å². The first-order valence-electron chi connectivity index (χ1n) is 14.4. The van der Waals surface area contributed by atoms with Gasteiger partial charge in [-0.15, -0.1) is 0 Å². The average Bonchev–Trinajstić information content (AvgIpc) is 3.00. The van der Waals surface area contributed by atoms with Gasteiger partial charge >= 0.3 is 0 Å². The third-order valence-electron chi connectivity index (χ3n) is 14.0. The van der Waals surface area contributed by atoms with Gasteiger partial charge in [-0.25, -0.2) is 0 Å². The molecular weight excluding hydrogens is 388 g/mol. The maximum Gasteiger partial charge on any atom is 0.0663 e. The molecule has 0 spiro atoms. The minimum atomic E-state index is 0.368. The van der Waals surface area contributed by atoms with Crippen molar-refractivity contribution in [2.24, 2.45) is 62.1 Å².